The highest BCUT2D eigenvalue weighted by Crippen LogP contribution is 2.44. The Kier molecular flexibility index (Phi) is 8.77. The first-order valence-electron chi connectivity index (χ1n) is 12.3. The predicted molar refractivity (Wildman–Crippen MR) is 145 cm³/mol. The molecule has 15 nitrogen and oxygen atoms in total. The first kappa shape index (κ1) is 30.1. The number of aromatic hydroxyl groups is 1. The summed E-state index contributed by atoms with van der Waals surface area (Å²) in [5.41, 5.74) is -2.19. The van der Waals surface area contributed by atoms with Gasteiger partial charge in [-0.3, -0.25) is 19.2 Å². The average Bonchev–Trinajstić information content (AvgIpc) is 3.34. The van der Waals surface area contributed by atoms with Crippen molar-refractivity contribution in [1.82, 2.24) is 30.4 Å². The summed E-state index contributed by atoms with van der Waals surface area (Å²) in [6.45, 7) is 4.42. The zero-order valence-corrected chi connectivity index (χ0v) is 24.3. The normalized spacial score (nSPS) is 22.4. The molecule has 0 radical (unpaired) electrons. The van der Waals surface area contributed by atoms with Gasteiger partial charge in [0.05, 0.1) is 5.41 Å². The zero-order valence-electron chi connectivity index (χ0n) is 22.6. The van der Waals surface area contributed by atoms with E-state index in [0.717, 1.165) is 0 Å². The fourth-order valence-corrected chi connectivity index (χ4v) is 6.75. The van der Waals surface area contributed by atoms with Crippen LogP contribution in [0.25, 0.3) is 0 Å². The van der Waals surface area contributed by atoms with Gasteiger partial charge in [-0.2, -0.15) is 0 Å². The number of phenolic OH excluding ortho intramolecular Hbond substituents is 1. The van der Waals surface area contributed by atoms with Crippen LogP contribution in [0.3, 0.4) is 0 Å². The number of oxime groups is 1. The van der Waals surface area contributed by atoms with Gasteiger partial charge in [0.15, 0.2) is 5.71 Å². The van der Waals surface area contributed by atoms with E-state index in [9.17, 15) is 29.5 Å². The van der Waals surface area contributed by atoms with Gasteiger partial charge in [0, 0.05) is 30.7 Å². The van der Waals surface area contributed by atoms with Gasteiger partial charge in [0.25, 0.3) is 5.91 Å². The van der Waals surface area contributed by atoms with Crippen molar-refractivity contribution in [3.8, 4) is 5.75 Å². The van der Waals surface area contributed by atoms with Crippen molar-refractivity contribution in [3.05, 3.63) is 29.8 Å². The number of thioether (sulfide) groups is 2. The molecule has 2 aromatic rings. The van der Waals surface area contributed by atoms with Crippen molar-refractivity contribution in [2.45, 2.75) is 37.3 Å². The van der Waals surface area contributed by atoms with Crippen molar-refractivity contribution in [2.75, 3.05) is 24.8 Å². The van der Waals surface area contributed by atoms with Gasteiger partial charge < -0.3 is 30.0 Å². The Bertz CT molecular complexity index is 1380. The third kappa shape index (κ3) is 6.40. The minimum Gasteiger partial charge on any atom is -0.508 e. The molecule has 0 aliphatic carbocycles. The summed E-state index contributed by atoms with van der Waals surface area (Å²) >= 11 is 2.48. The number of rotatable bonds is 9. The van der Waals surface area contributed by atoms with Crippen molar-refractivity contribution in [1.29, 1.82) is 0 Å². The third-order valence-corrected chi connectivity index (χ3v) is 9.24. The van der Waals surface area contributed by atoms with Crippen LogP contribution in [0.5, 0.6) is 5.75 Å². The Morgan fingerprint density at radius 2 is 2.05 bits per heavy atom. The quantitative estimate of drug-likeness (QED) is 0.0672. The second kappa shape index (κ2) is 11.9. The van der Waals surface area contributed by atoms with Crippen LogP contribution >= 0.6 is 23.5 Å². The lowest BCUT2D eigenvalue weighted by Crippen LogP contribution is -2.74. The van der Waals surface area contributed by atoms with E-state index in [2.05, 4.69) is 26.0 Å². The van der Waals surface area contributed by atoms with E-state index in [1.165, 1.54) is 57.4 Å². The molecule has 0 bridgehead atoms. The SMILES string of the molecule is Cn1nnnc1SCC1(C(=O)OCOC(=O)C(C)(C)C)CS[C@@H]2C(NC(=O)C(=NO)c3cccc(O)c3)C(=O)N2C1. The number of carbonyl (C=O) groups is 4. The number of ether oxygens (including phenoxy) is 2. The van der Waals surface area contributed by atoms with Crippen LogP contribution in [0.15, 0.2) is 34.6 Å². The molecule has 3 atom stereocenters. The standard InChI is InChI=1S/C24H29N7O8S2/c1-23(2,3)20(35)38-12-39-21(36)24(11-41-22-26-28-29-30(22)4)9-31-18(34)16(19(31)40-10-24)25-17(33)15(27-37)13-6-5-7-14(32)8-13/h5-8,16,19,32,37H,9-12H2,1-4H3,(H,25,33)/t16?,19-,24?/m1/s1. The number of phenols is 1. The number of benzene rings is 1. The monoisotopic (exact) mass is 607 g/mol. The number of hydrogen-bond donors (Lipinski definition) is 3. The largest absolute Gasteiger partial charge is 0.508 e. The van der Waals surface area contributed by atoms with Crippen molar-refractivity contribution in [2.24, 2.45) is 23.0 Å². The van der Waals surface area contributed by atoms with E-state index in [1.54, 1.807) is 27.8 Å². The number of esters is 2. The van der Waals surface area contributed by atoms with Crippen LogP contribution in [0.1, 0.15) is 26.3 Å². The van der Waals surface area contributed by atoms with Crippen LogP contribution in [0.2, 0.25) is 0 Å². The molecule has 1 aromatic carbocycles. The summed E-state index contributed by atoms with van der Waals surface area (Å²) in [5.74, 6) is -2.20. The second-order valence-corrected chi connectivity index (χ2v) is 12.6. The van der Waals surface area contributed by atoms with Crippen molar-refractivity contribution >= 4 is 53.0 Å². The van der Waals surface area contributed by atoms with Crippen molar-refractivity contribution in [3.63, 3.8) is 0 Å². The maximum absolute atomic E-state index is 13.4. The van der Waals surface area contributed by atoms with Crippen LogP contribution < -0.4 is 5.32 Å². The Morgan fingerprint density at radius 3 is 2.68 bits per heavy atom. The lowest BCUT2D eigenvalue weighted by molar-refractivity contribution is -0.180. The van der Waals surface area contributed by atoms with E-state index < -0.39 is 52.8 Å². The first-order chi connectivity index (χ1) is 19.4. The Labute approximate surface area is 243 Å². The summed E-state index contributed by atoms with van der Waals surface area (Å²) in [7, 11) is 1.65. The number of tetrazole rings is 1. The molecule has 2 unspecified atom stereocenters. The molecular formula is C24H29N7O8S2. The lowest BCUT2D eigenvalue weighted by Gasteiger charge is -2.54. The molecule has 3 heterocycles. The second-order valence-electron chi connectivity index (χ2n) is 10.5. The summed E-state index contributed by atoms with van der Waals surface area (Å²) in [4.78, 5) is 52.9. The fourth-order valence-electron chi connectivity index (χ4n) is 4.05. The molecule has 0 spiro atoms. The van der Waals surface area contributed by atoms with Crippen LogP contribution in [0, 0.1) is 10.8 Å². The van der Waals surface area contributed by atoms with E-state index in [4.69, 9.17) is 9.47 Å². The molecule has 2 fully saturated rings. The van der Waals surface area contributed by atoms with E-state index >= 15 is 0 Å². The number of aromatic nitrogens is 4. The van der Waals surface area contributed by atoms with Gasteiger partial charge in [-0.1, -0.05) is 29.1 Å². The number of hydrogen-bond acceptors (Lipinski definition) is 14. The number of carbonyl (C=O) groups excluding carboxylic acids is 4. The van der Waals surface area contributed by atoms with Crippen LogP contribution in [0.4, 0.5) is 0 Å². The van der Waals surface area contributed by atoms with Crippen LogP contribution in [-0.4, -0.2) is 101 Å². The highest BCUT2D eigenvalue weighted by molar-refractivity contribution is 8.00. The molecule has 2 saturated heterocycles. The highest BCUT2D eigenvalue weighted by atomic mass is 32.2. The maximum atomic E-state index is 13.4. The number of β-lactam (4-membered cyclic amide) rings is 1. The predicted octanol–water partition coefficient (Wildman–Crippen LogP) is 0.363. The summed E-state index contributed by atoms with van der Waals surface area (Å²) in [6, 6.07) is 4.67. The lowest BCUT2D eigenvalue weighted by atomic mass is 9.89. The molecule has 1 aromatic heterocycles. The highest BCUT2D eigenvalue weighted by Gasteiger charge is 2.58. The minimum atomic E-state index is -1.20. The molecule has 4 rings (SSSR count). The summed E-state index contributed by atoms with van der Waals surface area (Å²) < 4.78 is 11.9. The topological polar surface area (TPSA) is 198 Å². The van der Waals surface area contributed by atoms with Gasteiger partial charge in [-0.25, -0.2) is 4.68 Å². The number of amides is 2. The average molecular weight is 608 g/mol. The molecule has 17 heteroatoms. The smallest absolute Gasteiger partial charge is 0.318 e. The number of nitrogens with one attached hydrogen (secondary N) is 1. The third-order valence-electron chi connectivity index (χ3n) is 6.35. The van der Waals surface area contributed by atoms with E-state index in [1.807, 2.05) is 0 Å². The van der Waals surface area contributed by atoms with E-state index in [-0.39, 0.29) is 35.1 Å². The number of nitrogens with zero attached hydrogens (tertiary/aromatic N) is 6. The molecule has 3 N–H and O–H groups in total. The van der Waals surface area contributed by atoms with Gasteiger partial charge >= 0.3 is 11.9 Å². The minimum absolute atomic E-state index is 0.0201. The molecule has 2 amide bonds. The molecule has 2 aliphatic rings. The zero-order chi connectivity index (χ0) is 29.9. The Hall–Kier alpha value is -3.86. The van der Waals surface area contributed by atoms with Gasteiger partial charge in [-0.05, 0) is 43.3 Å². The molecule has 0 saturated carbocycles. The number of aryl methyl sites for hydroxylation is 1. The van der Waals surface area contributed by atoms with E-state index in [0.29, 0.717) is 5.16 Å². The fraction of sp³-hybridized carbons (Fsp3) is 0.500. The molecular weight excluding hydrogens is 578 g/mol. The van der Waals surface area contributed by atoms with Gasteiger partial charge in [0.2, 0.25) is 17.9 Å². The van der Waals surface area contributed by atoms with Gasteiger partial charge in [-0.15, -0.1) is 16.9 Å². The number of fused-ring (bicyclic) bond motifs is 1. The molecule has 2 aliphatic heterocycles. The molecule has 220 valence electrons. The van der Waals surface area contributed by atoms with Crippen molar-refractivity contribution < 1.29 is 39.0 Å². The first-order valence-corrected chi connectivity index (χ1v) is 14.3. The summed E-state index contributed by atoms with van der Waals surface area (Å²) in [5, 5.41) is 36.0. The molecule has 41 heavy (non-hydrogen) atoms. The Morgan fingerprint density at radius 1 is 1.29 bits per heavy atom. The summed E-state index contributed by atoms with van der Waals surface area (Å²) in [6.07, 6.45) is 0. The Balaban J connectivity index is 1.45. The van der Waals surface area contributed by atoms with Gasteiger partial charge in [0.1, 0.15) is 22.6 Å². The van der Waals surface area contributed by atoms with Crippen LogP contribution in [-0.2, 0) is 35.7 Å². The maximum Gasteiger partial charge on any atom is 0.318 e.